The van der Waals surface area contributed by atoms with Crippen LogP contribution in [0.25, 0.3) is 0 Å². The number of aliphatic imine (C=N–C) groups is 1. The number of ether oxygens (including phenoxy) is 1. The number of likely N-dealkylation sites (tertiary alicyclic amines) is 1. The molecule has 0 spiro atoms. The maximum atomic E-state index is 5.77. The van der Waals surface area contributed by atoms with E-state index in [0.29, 0.717) is 12.6 Å². The van der Waals surface area contributed by atoms with Crippen molar-refractivity contribution >= 4 is 11.8 Å². The van der Waals surface area contributed by atoms with Gasteiger partial charge in [-0.2, -0.15) is 0 Å². The van der Waals surface area contributed by atoms with E-state index in [9.17, 15) is 0 Å². The maximum absolute atomic E-state index is 5.77. The summed E-state index contributed by atoms with van der Waals surface area (Å²) in [6, 6.07) is 4.35. The number of nitrogens with one attached hydrogen (secondary N) is 1. The molecule has 3 rings (SSSR count). The number of pyridine rings is 1. The Morgan fingerprint density at radius 1 is 1.11 bits per heavy atom. The molecule has 1 aromatic rings. The summed E-state index contributed by atoms with van der Waals surface area (Å²) in [5, 5.41) is 3.45. The zero-order chi connectivity index (χ0) is 19.6. The normalized spacial score (nSPS) is 19.6. The van der Waals surface area contributed by atoms with Crippen LogP contribution in [0.4, 0.5) is 5.82 Å². The molecule has 2 aliphatic rings. The molecule has 0 saturated carbocycles. The van der Waals surface area contributed by atoms with Crippen molar-refractivity contribution in [3.63, 3.8) is 0 Å². The average molecular weight is 388 g/mol. The van der Waals surface area contributed by atoms with Crippen molar-refractivity contribution in [3.05, 3.63) is 23.9 Å². The summed E-state index contributed by atoms with van der Waals surface area (Å²) in [7, 11) is 0. The first-order valence-corrected chi connectivity index (χ1v) is 11.1. The fourth-order valence-corrected chi connectivity index (χ4v) is 4.06. The van der Waals surface area contributed by atoms with Crippen LogP contribution in [0.15, 0.2) is 23.3 Å². The second-order valence-electron chi connectivity index (χ2n) is 7.74. The monoisotopic (exact) mass is 387 g/mol. The van der Waals surface area contributed by atoms with Crippen LogP contribution in [0.1, 0.15) is 57.9 Å². The molecule has 2 fully saturated rings. The van der Waals surface area contributed by atoms with Gasteiger partial charge in [-0.1, -0.05) is 18.9 Å². The van der Waals surface area contributed by atoms with E-state index >= 15 is 0 Å². The zero-order valence-electron chi connectivity index (χ0n) is 17.7. The van der Waals surface area contributed by atoms with Crippen LogP contribution >= 0.6 is 0 Å². The smallest absolute Gasteiger partial charge is 0.194 e. The molecule has 0 radical (unpaired) electrons. The van der Waals surface area contributed by atoms with E-state index in [4.69, 9.17) is 14.7 Å². The third-order valence-electron chi connectivity index (χ3n) is 5.63. The van der Waals surface area contributed by atoms with E-state index in [-0.39, 0.29) is 0 Å². The van der Waals surface area contributed by atoms with Gasteiger partial charge < -0.3 is 19.9 Å². The van der Waals surface area contributed by atoms with Crippen molar-refractivity contribution in [2.24, 2.45) is 4.99 Å². The molecule has 2 aliphatic heterocycles. The highest BCUT2D eigenvalue weighted by molar-refractivity contribution is 5.80. The number of aromatic nitrogens is 1. The summed E-state index contributed by atoms with van der Waals surface area (Å²) in [6.45, 7) is 10.8. The molecule has 0 bridgehead atoms. The standard InChI is InChI=1S/C22H37N5O/c1-3-23-22(27-15-11-20(12-16-27)28-4-2)25-18-19-9-10-21(24-17-19)26-13-7-5-6-8-14-26/h9-10,17,20H,3-8,11-16,18H2,1-2H3,(H,23,25). The Kier molecular flexibility index (Phi) is 8.40. The van der Waals surface area contributed by atoms with Gasteiger partial charge in [0.05, 0.1) is 12.6 Å². The minimum absolute atomic E-state index is 0.403. The predicted molar refractivity (Wildman–Crippen MR) is 116 cm³/mol. The number of rotatable bonds is 6. The third kappa shape index (κ3) is 6.09. The lowest BCUT2D eigenvalue weighted by molar-refractivity contribution is 0.0263. The van der Waals surface area contributed by atoms with Gasteiger partial charge in [-0.15, -0.1) is 0 Å². The Morgan fingerprint density at radius 3 is 2.46 bits per heavy atom. The SMILES string of the molecule is CCNC(=NCc1ccc(N2CCCCCC2)nc1)N1CCC(OCC)CC1. The van der Waals surface area contributed by atoms with E-state index in [1.807, 2.05) is 6.20 Å². The molecular weight excluding hydrogens is 350 g/mol. The highest BCUT2D eigenvalue weighted by Gasteiger charge is 2.21. The second-order valence-corrected chi connectivity index (χ2v) is 7.74. The largest absolute Gasteiger partial charge is 0.378 e. The van der Waals surface area contributed by atoms with E-state index in [0.717, 1.165) is 69.5 Å². The van der Waals surface area contributed by atoms with E-state index in [2.05, 4.69) is 41.1 Å². The zero-order valence-corrected chi connectivity index (χ0v) is 17.7. The molecule has 0 amide bonds. The lowest BCUT2D eigenvalue weighted by Gasteiger charge is -2.34. The molecular formula is C22H37N5O. The summed E-state index contributed by atoms with van der Waals surface area (Å²) in [6.07, 6.45) is 9.79. The number of piperidine rings is 1. The Morgan fingerprint density at radius 2 is 1.86 bits per heavy atom. The summed E-state index contributed by atoms with van der Waals surface area (Å²) in [5.74, 6) is 2.12. The van der Waals surface area contributed by atoms with Gasteiger partial charge in [-0.05, 0) is 51.2 Å². The average Bonchev–Trinajstić information content (AvgIpc) is 3.02. The van der Waals surface area contributed by atoms with Crippen LogP contribution in [0.2, 0.25) is 0 Å². The van der Waals surface area contributed by atoms with Gasteiger partial charge in [-0.25, -0.2) is 9.98 Å². The first-order chi connectivity index (χ1) is 13.8. The van der Waals surface area contributed by atoms with E-state index in [1.165, 1.54) is 25.7 Å². The maximum Gasteiger partial charge on any atom is 0.194 e. The Balaban J connectivity index is 1.56. The molecule has 1 aromatic heterocycles. The molecule has 2 saturated heterocycles. The molecule has 0 atom stereocenters. The van der Waals surface area contributed by atoms with Gasteiger partial charge in [0.1, 0.15) is 5.82 Å². The lowest BCUT2D eigenvalue weighted by atomic mass is 10.1. The van der Waals surface area contributed by atoms with Gasteiger partial charge in [0.2, 0.25) is 0 Å². The minimum Gasteiger partial charge on any atom is -0.378 e. The minimum atomic E-state index is 0.403. The summed E-state index contributed by atoms with van der Waals surface area (Å²) >= 11 is 0. The first-order valence-electron chi connectivity index (χ1n) is 11.1. The number of nitrogens with zero attached hydrogens (tertiary/aromatic N) is 4. The van der Waals surface area contributed by atoms with Crippen LogP contribution in [0.5, 0.6) is 0 Å². The Hall–Kier alpha value is -1.82. The highest BCUT2D eigenvalue weighted by Crippen LogP contribution is 2.18. The molecule has 0 aromatic carbocycles. The van der Waals surface area contributed by atoms with Crippen molar-refractivity contribution in [3.8, 4) is 0 Å². The predicted octanol–water partition coefficient (Wildman–Crippen LogP) is 3.43. The van der Waals surface area contributed by atoms with Crippen LogP contribution in [0.3, 0.4) is 0 Å². The first kappa shape index (κ1) is 20.9. The summed E-state index contributed by atoms with van der Waals surface area (Å²) in [5.41, 5.74) is 1.16. The van der Waals surface area contributed by atoms with Crippen LogP contribution in [-0.4, -0.2) is 61.3 Å². The van der Waals surface area contributed by atoms with Gasteiger partial charge in [-0.3, -0.25) is 0 Å². The fourth-order valence-electron chi connectivity index (χ4n) is 4.06. The lowest BCUT2D eigenvalue weighted by Crippen LogP contribution is -2.47. The number of hydrogen-bond acceptors (Lipinski definition) is 4. The van der Waals surface area contributed by atoms with Gasteiger partial charge in [0.25, 0.3) is 0 Å². The Labute approximate surface area is 170 Å². The Bertz CT molecular complexity index is 587. The number of hydrogen-bond donors (Lipinski definition) is 1. The van der Waals surface area contributed by atoms with Crippen molar-refractivity contribution < 1.29 is 4.74 Å². The fraction of sp³-hybridized carbons (Fsp3) is 0.727. The molecule has 28 heavy (non-hydrogen) atoms. The van der Waals surface area contributed by atoms with Gasteiger partial charge in [0, 0.05) is 45.5 Å². The summed E-state index contributed by atoms with van der Waals surface area (Å²) < 4.78 is 5.77. The van der Waals surface area contributed by atoms with Crippen molar-refractivity contribution in [2.75, 3.05) is 44.2 Å². The molecule has 0 aliphatic carbocycles. The van der Waals surface area contributed by atoms with Crippen LogP contribution < -0.4 is 10.2 Å². The molecule has 1 N–H and O–H groups in total. The van der Waals surface area contributed by atoms with Gasteiger partial charge >= 0.3 is 0 Å². The molecule has 0 unspecified atom stereocenters. The van der Waals surface area contributed by atoms with E-state index in [1.54, 1.807) is 0 Å². The molecule has 156 valence electrons. The number of guanidine groups is 1. The third-order valence-corrected chi connectivity index (χ3v) is 5.63. The molecule has 6 nitrogen and oxygen atoms in total. The van der Waals surface area contributed by atoms with Crippen molar-refractivity contribution in [1.82, 2.24) is 15.2 Å². The highest BCUT2D eigenvalue weighted by atomic mass is 16.5. The number of anilines is 1. The topological polar surface area (TPSA) is 53.0 Å². The van der Waals surface area contributed by atoms with Gasteiger partial charge in [0.15, 0.2) is 5.96 Å². The van der Waals surface area contributed by atoms with E-state index < -0.39 is 0 Å². The van der Waals surface area contributed by atoms with Crippen LogP contribution in [0, 0.1) is 0 Å². The second kappa shape index (κ2) is 11.2. The van der Waals surface area contributed by atoms with Crippen LogP contribution in [-0.2, 0) is 11.3 Å². The summed E-state index contributed by atoms with van der Waals surface area (Å²) in [4.78, 5) is 14.4. The van der Waals surface area contributed by atoms with Crippen molar-refractivity contribution in [2.45, 2.75) is 65.0 Å². The molecule has 6 heteroatoms. The van der Waals surface area contributed by atoms with Crippen molar-refractivity contribution in [1.29, 1.82) is 0 Å². The molecule has 3 heterocycles. The quantitative estimate of drug-likeness (QED) is 0.599.